The lowest BCUT2D eigenvalue weighted by atomic mass is 10.1. The minimum absolute atomic E-state index is 0.0618. The first-order valence-electron chi connectivity index (χ1n) is 12.5. The first kappa shape index (κ1) is 29.2. The van der Waals surface area contributed by atoms with Crippen LogP contribution in [-0.4, -0.2) is 44.3 Å². The number of benzene rings is 3. The number of rotatable bonds is 11. The van der Waals surface area contributed by atoms with Gasteiger partial charge in [0.05, 0.1) is 10.6 Å². The normalized spacial score (nSPS) is 12.0. The number of carbonyl (C=O) groups is 2. The van der Waals surface area contributed by atoms with E-state index >= 15 is 0 Å². The summed E-state index contributed by atoms with van der Waals surface area (Å²) in [6, 6.07) is 19.6. The SMILES string of the molecule is CCNC(=O)[C@H](CC)N(Cc1ccc(C)cc1)C(=O)CN(c1ccc(Cl)cc1)S(=O)(=O)c1ccc(C)cc1. The van der Waals surface area contributed by atoms with Gasteiger partial charge in [-0.05, 0) is 69.2 Å². The molecule has 0 bridgehead atoms. The molecule has 3 aromatic carbocycles. The molecular formula is C29H34ClN3O4S. The Hall–Kier alpha value is -3.36. The molecule has 1 atom stereocenters. The fourth-order valence-electron chi connectivity index (χ4n) is 4.08. The van der Waals surface area contributed by atoms with Crippen LogP contribution < -0.4 is 9.62 Å². The third-order valence-electron chi connectivity index (χ3n) is 6.21. The summed E-state index contributed by atoms with van der Waals surface area (Å²) in [4.78, 5) is 28.4. The second-order valence-electron chi connectivity index (χ2n) is 9.13. The van der Waals surface area contributed by atoms with Gasteiger partial charge in [-0.1, -0.05) is 66.0 Å². The summed E-state index contributed by atoms with van der Waals surface area (Å²) >= 11 is 6.06. The van der Waals surface area contributed by atoms with Crippen molar-refractivity contribution in [2.45, 2.75) is 51.6 Å². The van der Waals surface area contributed by atoms with E-state index in [2.05, 4.69) is 5.32 Å². The summed E-state index contributed by atoms with van der Waals surface area (Å²) in [6.07, 6.45) is 0.370. The van der Waals surface area contributed by atoms with Gasteiger partial charge in [-0.25, -0.2) is 8.42 Å². The van der Waals surface area contributed by atoms with E-state index in [1.807, 2.05) is 52.0 Å². The van der Waals surface area contributed by atoms with E-state index in [0.29, 0.717) is 23.7 Å². The Kier molecular flexibility index (Phi) is 9.94. The zero-order chi connectivity index (χ0) is 27.9. The molecule has 0 aromatic heterocycles. The maximum atomic E-state index is 13.9. The second-order valence-corrected chi connectivity index (χ2v) is 11.4. The van der Waals surface area contributed by atoms with Gasteiger partial charge in [0.25, 0.3) is 10.0 Å². The topological polar surface area (TPSA) is 86.8 Å². The van der Waals surface area contributed by atoms with E-state index in [-0.39, 0.29) is 17.3 Å². The van der Waals surface area contributed by atoms with Gasteiger partial charge in [0.15, 0.2) is 0 Å². The Morgan fingerprint density at radius 2 is 1.42 bits per heavy atom. The number of hydrogen-bond donors (Lipinski definition) is 1. The lowest BCUT2D eigenvalue weighted by molar-refractivity contribution is -0.140. The Labute approximate surface area is 230 Å². The van der Waals surface area contributed by atoms with Crippen molar-refractivity contribution >= 4 is 39.1 Å². The van der Waals surface area contributed by atoms with Gasteiger partial charge >= 0.3 is 0 Å². The van der Waals surface area contributed by atoms with E-state index in [0.717, 1.165) is 21.0 Å². The predicted octanol–water partition coefficient (Wildman–Crippen LogP) is 5.10. The molecule has 3 aromatic rings. The van der Waals surface area contributed by atoms with Crippen molar-refractivity contribution in [2.75, 3.05) is 17.4 Å². The third-order valence-corrected chi connectivity index (χ3v) is 8.25. The highest BCUT2D eigenvalue weighted by Crippen LogP contribution is 2.26. The fraction of sp³-hybridized carbons (Fsp3) is 0.310. The lowest BCUT2D eigenvalue weighted by Gasteiger charge is -2.33. The summed E-state index contributed by atoms with van der Waals surface area (Å²) in [6.45, 7) is 7.57. The van der Waals surface area contributed by atoms with Crippen molar-refractivity contribution in [3.8, 4) is 0 Å². The Balaban J connectivity index is 2.04. The molecule has 0 radical (unpaired) electrons. The number of sulfonamides is 1. The van der Waals surface area contributed by atoms with Crippen LogP contribution in [0.15, 0.2) is 77.7 Å². The lowest BCUT2D eigenvalue weighted by Crippen LogP contribution is -2.52. The first-order chi connectivity index (χ1) is 18.1. The molecule has 38 heavy (non-hydrogen) atoms. The number of likely N-dealkylation sites (N-methyl/N-ethyl adjacent to an activating group) is 1. The maximum absolute atomic E-state index is 13.9. The highest BCUT2D eigenvalue weighted by Gasteiger charge is 2.33. The van der Waals surface area contributed by atoms with Gasteiger partial charge in [0, 0.05) is 18.1 Å². The predicted molar refractivity (Wildman–Crippen MR) is 152 cm³/mol. The number of halogens is 1. The summed E-state index contributed by atoms with van der Waals surface area (Å²) in [5.74, 6) is -0.774. The third kappa shape index (κ3) is 7.14. The quantitative estimate of drug-likeness (QED) is 0.357. The number of carbonyl (C=O) groups excluding carboxylic acids is 2. The van der Waals surface area contributed by atoms with Crippen LogP contribution >= 0.6 is 11.6 Å². The van der Waals surface area contributed by atoms with Crippen molar-refractivity contribution in [2.24, 2.45) is 0 Å². The standard InChI is InChI=1S/C29H34ClN3O4S/c1-5-27(29(35)31-6-2)32(19-23-11-7-21(3)8-12-23)28(34)20-33(25-15-13-24(30)14-16-25)38(36,37)26-17-9-22(4)10-18-26/h7-18,27H,5-6,19-20H2,1-4H3,(H,31,35)/t27-/m0/s1. The van der Waals surface area contributed by atoms with Crippen molar-refractivity contribution in [3.63, 3.8) is 0 Å². The molecule has 0 heterocycles. The zero-order valence-electron chi connectivity index (χ0n) is 22.1. The summed E-state index contributed by atoms with van der Waals surface area (Å²) in [5.41, 5.74) is 3.12. The minimum Gasteiger partial charge on any atom is -0.355 e. The van der Waals surface area contributed by atoms with Crippen molar-refractivity contribution in [1.82, 2.24) is 10.2 Å². The molecule has 0 saturated carbocycles. The molecular weight excluding hydrogens is 522 g/mol. The van der Waals surface area contributed by atoms with Crippen molar-refractivity contribution < 1.29 is 18.0 Å². The Bertz CT molecular complexity index is 1340. The molecule has 202 valence electrons. The van der Waals surface area contributed by atoms with Gasteiger partial charge < -0.3 is 10.2 Å². The van der Waals surface area contributed by atoms with Crippen LogP contribution in [0.2, 0.25) is 5.02 Å². The molecule has 2 amide bonds. The van der Waals surface area contributed by atoms with E-state index in [9.17, 15) is 18.0 Å². The van der Waals surface area contributed by atoms with Crippen LogP contribution in [0.4, 0.5) is 5.69 Å². The molecule has 0 aliphatic rings. The van der Waals surface area contributed by atoms with Gasteiger partial charge in [0.2, 0.25) is 11.8 Å². The maximum Gasteiger partial charge on any atom is 0.264 e. The van der Waals surface area contributed by atoms with Gasteiger partial charge in [-0.15, -0.1) is 0 Å². The monoisotopic (exact) mass is 555 g/mol. The molecule has 1 N–H and O–H groups in total. The Morgan fingerprint density at radius 3 is 1.95 bits per heavy atom. The smallest absolute Gasteiger partial charge is 0.264 e. The van der Waals surface area contributed by atoms with E-state index in [4.69, 9.17) is 11.6 Å². The second kappa shape index (κ2) is 12.9. The van der Waals surface area contributed by atoms with Crippen LogP contribution in [0, 0.1) is 13.8 Å². The molecule has 3 rings (SSSR count). The zero-order valence-corrected chi connectivity index (χ0v) is 23.7. The van der Waals surface area contributed by atoms with Crippen LogP contribution in [0.1, 0.15) is 37.0 Å². The van der Waals surface area contributed by atoms with Gasteiger partial charge in [-0.2, -0.15) is 0 Å². The van der Waals surface area contributed by atoms with E-state index in [1.54, 1.807) is 36.4 Å². The number of anilines is 1. The fourth-order valence-corrected chi connectivity index (χ4v) is 5.62. The minimum atomic E-state index is -4.11. The molecule has 0 saturated heterocycles. The molecule has 9 heteroatoms. The van der Waals surface area contributed by atoms with Crippen LogP contribution in [0.3, 0.4) is 0 Å². The highest BCUT2D eigenvalue weighted by molar-refractivity contribution is 7.92. The van der Waals surface area contributed by atoms with Crippen LogP contribution in [-0.2, 0) is 26.2 Å². The molecule has 0 aliphatic heterocycles. The number of nitrogens with one attached hydrogen (secondary N) is 1. The molecule has 0 unspecified atom stereocenters. The average molecular weight is 556 g/mol. The van der Waals surface area contributed by atoms with Crippen LogP contribution in [0.5, 0.6) is 0 Å². The summed E-state index contributed by atoms with van der Waals surface area (Å²) < 4.78 is 28.7. The Morgan fingerprint density at radius 1 is 0.868 bits per heavy atom. The average Bonchev–Trinajstić information content (AvgIpc) is 2.89. The number of hydrogen-bond acceptors (Lipinski definition) is 4. The molecule has 0 spiro atoms. The van der Waals surface area contributed by atoms with E-state index < -0.39 is 28.5 Å². The van der Waals surface area contributed by atoms with Crippen molar-refractivity contribution in [3.05, 3.63) is 94.5 Å². The first-order valence-corrected chi connectivity index (χ1v) is 14.4. The molecule has 0 fully saturated rings. The molecule has 0 aliphatic carbocycles. The number of nitrogens with zero attached hydrogens (tertiary/aromatic N) is 2. The summed E-state index contributed by atoms with van der Waals surface area (Å²) in [5, 5.41) is 3.24. The van der Waals surface area contributed by atoms with Gasteiger partial charge in [0.1, 0.15) is 12.6 Å². The summed E-state index contributed by atoms with van der Waals surface area (Å²) in [7, 11) is -4.11. The van der Waals surface area contributed by atoms with Crippen molar-refractivity contribution in [1.29, 1.82) is 0 Å². The molecule has 7 nitrogen and oxygen atoms in total. The van der Waals surface area contributed by atoms with Gasteiger partial charge in [-0.3, -0.25) is 13.9 Å². The largest absolute Gasteiger partial charge is 0.355 e. The van der Waals surface area contributed by atoms with Crippen LogP contribution in [0.25, 0.3) is 0 Å². The van der Waals surface area contributed by atoms with E-state index in [1.165, 1.54) is 17.0 Å². The number of amides is 2. The number of aryl methyl sites for hydroxylation is 2. The highest BCUT2D eigenvalue weighted by atomic mass is 35.5.